The van der Waals surface area contributed by atoms with Crippen LogP contribution in [0.3, 0.4) is 0 Å². The summed E-state index contributed by atoms with van der Waals surface area (Å²) in [6.45, 7) is 6.16. The van der Waals surface area contributed by atoms with E-state index in [1.54, 1.807) is 0 Å². The van der Waals surface area contributed by atoms with Gasteiger partial charge < -0.3 is 0 Å². The van der Waals surface area contributed by atoms with E-state index in [0.29, 0.717) is 17.0 Å². The molecule has 0 aliphatic heterocycles. The van der Waals surface area contributed by atoms with Gasteiger partial charge in [0.15, 0.2) is 0 Å². The number of carbonyl (C=O) groups is 1. The summed E-state index contributed by atoms with van der Waals surface area (Å²) in [5.74, 6) is 6.81. The molecule has 1 nitrogen and oxygen atoms in total. The van der Waals surface area contributed by atoms with Crippen molar-refractivity contribution in [2.24, 2.45) is 5.92 Å². The van der Waals surface area contributed by atoms with Crippen molar-refractivity contribution in [2.45, 2.75) is 32.6 Å². The normalized spacial score (nSPS) is 11.2. The number of hydrogen-bond acceptors (Lipinski definition) is 1. The molecule has 0 N–H and O–H groups in total. The Kier molecular flexibility index (Phi) is 8.26. The molecule has 128 valence electrons. The first-order chi connectivity index (χ1) is 12.1. The Morgan fingerprint density at radius 3 is 2.32 bits per heavy atom. The Morgan fingerprint density at radius 1 is 1.04 bits per heavy atom. The molecule has 2 aromatic carbocycles. The van der Waals surface area contributed by atoms with Crippen molar-refractivity contribution in [1.82, 2.24) is 0 Å². The van der Waals surface area contributed by atoms with E-state index in [9.17, 15) is 4.79 Å². The van der Waals surface area contributed by atoms with Crippen molar-refractivity contribution in [3.63, 3.8) is 0 Å². The van der Waals surface area contributed by atoms with Crippen LogP contribution in [-0.2, 0) is 4.79 Å². The molecule has 0 amide bonds. The first kappa shape index (κ1) is 19.3. The summed E-state index contributed by atoms with van der Waals surface area (Å²) in [6, 6.07) is 20.1. The van der Waals surface area contributed by atoms with Crippen molar-refractivity contribution in [3.05, 3.63) is 78.4 Å². The zero-order valence-electron chi connectivity index (χ0n) is 14.7. The number of rotatable bonds is 8. The van der Waals surface area contributed by atoms with Gasteiger partial charge in [0.05, 0.1) is 0 Å². The van der Waals surface area contributed by atoms with Crippen LogP contribution >= 0.6 is 0 Å². The third-order valence-electron chi connectivity index (χ3n) is 3.99. The topological polar surface area (TPSA) is 17.1 Å². The number of benzene rings is 2. The molecule has 0 radical (unpaired) electrons. The van der Waals surface area contributed by atoms with E-state index >= 15 is 0 Å². The molecule has 0 fully saturated rings. The maximum absolute atomic E-state index is 12.2. The van der Waals surface area contributed by atoms with Gasteiger partial charge in [0.1, 0.15) is 0 Å². The first-order valence-electron chi connectivity index (χ1n) is 8.60. The minimum absolute atomic E-state index is 0.0754. The van der Waals surface area contributed by atoms with Gasteiger partial charge in [-0.15, -0.1) is 0 Å². The van der Waals surface area contributed by atoms with Gasteiger partial charge in [-0.25, -0.2) is 0 Å². The molecular formula is C23H24OSe. The fraction of sp³-hybridized carbons (Fsp3) is 0.261. The molecule has 0 aromatic heterocycles. The zero-order chi connectivity index (χ0) is 17.9. The van der Waals surface area contributed by atoms with E-state index in [0.717, 1.165) is 34.9 Å². The van der Waals surface area contributed by atoms with Gasteiger partial charge >= 0.3 is 158 Å². The zero-order valence-corrected chi connectivity index (χ0v) is 16.4. The Labute approximate surface area is 157 Å². The van der Waals surface area contributed by atoms with Crippen LogP contribution in [0.2, 0.25) is 0 Å². The molecule has 0 saturated carbocycles. The Bertz CT molecular complexity index is 738. The van der Waals surface area contributed by atoms with Gasteiger partial charge in [0.2, 0.25) is 0 Å². The molecule has 0 aliphatic carbocycles. The second-order valence-corrected chi connectivity index (χ2v) is 8.45. The summed E-state index contributed by atoms with van der Waals surface area (Å²) in [7, 11) is 0. The van der Waals surface area contributed by atoms with E-state index in [-0.39, 0.29) is 15.0 Å². The molecule has 0 spiro atoms. The monoisotopic (exact) mass is 396 g/mol. The van der Waals surface area contributed by atoms with Crippen molar-refractivity contribution in [3.8, 4) is 11.8 Å². The predicted octanol–water partition coefficient (Wildman–Crippen LogP) is 4.35. The summed E-state index contributed by atoms with van der Waals surface area (Å²) in [5.41, 5.74) is 2.21. The molecular weight excluding hydrogens is 371 g/mol. The summed E-state index contributed by atoms with van der Waals surface area (Å²) in [6.07, 6.45) is 3.33. The van der Waals surface area contributed by atoms with Crippen LogP contribution in [-0.4, -0.2) is 19.6 Å². The number of carbonyl (C=O) groups excluding carboxylic acids is 1. The van der Waals surface area contributed by atoms with E-state index in [1.165, 1.54) is 0 Å². The minimum atomic E-state index is -0.0754. The summed E-state index contributed by atoms with van der Waals surface area (Å²) < 4.78 is 1.51. The van der Waals surface area contributed by atoms with Crippen LogP contribution in [0, 0.1) is 17.8 Å². The molecule has 0 bridgehead atoms. The number of hydrogen-bond donors (Lipinski definition) is 0. The molecule has 2 rings (SSSR count). The van der Waals surface area contributed by atoms with E-state index in [2.05, 4.69) is 25.3 Å². The Morgan fingerprint density at radius 2 is 1.68 bits per heavy atom. The van der Waals surface area contributed by atoms with Crippen molar-refractivity contribution >= 4 is 24.1 Å². The molecule has 25 heavy (non-hydrogen) atoms. The van der Waals surface area contributed by atoms with Crippen molar-refractivity contribution < 1.29 is 4.79 Å². The van der Waals surface area contributed by atoms with Crippen LogP contribution in [0.15, 0.2) is 72.8 Å². The third-order valence-corrected chi connectivity index (χ3v) is 5.96. The van der Waals surface area contributed by atoms with E-state index in [4.69, 9.17) is 0 Å². The van der Waals surface area contributed by atoms with Crippen molar-refractivity contribution in [1.29, 1.82) is 0 Å². The van der Waals surface area contributed by atoms with E-state index in [1.807, 2.05) is 60.7 Å². The van der Waals surface area contributed by atoms with Crippen LogP contribution in [0.1, 0.15) is 38.2 Å². The molecule has 0 aliphatic rings. The quantitative estimate of drug-likeness (QED) is 0.369. The van der Waals surface area contributed by atoms with Crippen molar-refractivity contribution in [2.75, 3.05) is 0 Å². The second kappa shape index (κ2) is 10.7. The fourth-order valence-corrected chi connectivity index (χ4v) is 4.16. The van der Waals surface area contributed by atoms with Gasteiger partial charge in [-0.3, -0.25) is 0 Å². The molecule has 2 aromatic rings. The summed E-state index contributed by atoms with van der Waals surface area (Å²) >= 11 is -0.0754. The summed E-state index contributed by atoms with van der Waals surface area (Å²) in [5, 5.41) is 0. The van der Waals surface area contributed by atoms with Crippen LogP contribution in [0.5, 0.6) is 0 Å². The average Bonchev–Trinajstić information content (AvgIpc) is 2.62. The molecule has 2 heteroatoms. The first-order valence-corrected chi connectivity index (χ1v) is 10.3. The second-order valence-electron chi connectivity index (χ2n) is 6.08. The van der Waals surface area contributed by atoms with Gasteiger partial charge in [-0.1, -0.05) is 0 Å². The molecule has 1 atom stereocenters. The Hall–Kier alpha value is -2.07. The fourth-order valence-electron chi connectivity index (χ4n) is 2.53. The van der Waals surface area contributed by atoms with Crippen LogP contribution in [0.25, 0.3) is 0 Å². The van der Waals surface area contributed by atoms with Crippen LogP contribution < -0.4 is 4.46 Å². The third kappa shape index (κ3) is 7.57. The van der Waals surface area contributed by atoms with Crippen LogP contribution in [0.4, 0.5) is 0 Å². The van der Waals surface area contributed by atoms with Gasteiger partial charge in [0, 0.05) is 0 Å². The Balaban J connectivity index is 1.78. The van der Waals surface area contributed by atoms with Gasteiger partial charge in [-0.05, 0) is 0 Å². The SMILES string of the molecule is C=C(C)C(CCC#Cc1ccccc1)CCC(=O)[Se]c1ccccc1. The van der Waals surface area contributed by atoms with E-state index < -0.39 is 0 Å². The maximum atomic E-state index is 12.2. The van der Waals surface area contributed by atoms with Gasteiger partial charge in [-0.2, -0.15) is 0 Å². The predicted molar refractivity (Wildman–Crippen MR) is 107 cm³/mol. The molecule has 0 saturated heterocycles. The molecule has 1 unspecified atom stereocenters. The molecule has 0 heterocycles. The standard InChI is InChI=1S/C23H24OSe/c1-19(2)21(14-10-9-13-20-11-5-3-6-12-20)17-18-23(24)25-22-15-7-4-8-16-22/h3-8,11-12,15-16,21H,1,10,14,17-18H2,2H3. The number of allylic oxidation sites excluding steroid dienone is 1. The summed E-state index contributed by atoms with van der Waals surface area (Å²) in [4.78, 5) is 12.2. The van der Waals surface area contributed by atoms with Gasteiger partial charge in [0.25, 0.3) is 0 Å². The average molecular weight is 395 g/mol.